The van der Waals surface area contributed by atoms with E-state index in [1.807, 2.05) is 48.7 Å². The second-order valence-corrected chi connectivity index (χ2v) is 7.88. The number of aryl methyl sites for hydroxylation is 2. The molecule has 7 nitrogen and oxygen atoms in total. The molecule has 1 fully saturated rings. The van der Waals surface area contributed by atoms with E-state index in [0.717, 1.165) is 54.3 Å². The third-order valence-electron chi connectivity index (χ3n) is 5.77. The van der Waals surface area contributed by atoms with Crippen molar-refractivity contribution in [2.45, 2.75) is 26.8 Å². The molecule has 0 saturated carbocycles. The fraction of sp³-hybridized carbons (Fsp3) is 0.409. The summed E-state index contributed by atoms with van der Waals surface area (Å²) in [6, 6.07) is 8.44. The van der Waals surface area contributed by atoms with E-state index in [4.69, 9.17) is 0 Å². The molecule has 2 aromatic heterocycles. The first-order valence-corrected chi connectivity index (χ1v) is 10.2. The Morgan fingerprint density at radius 2 is 1.90 bits per heavy atom. The van der Waals surface area contributed by atoms with Crippen molar-refractivity contribution in [3.63, 3.8) is 0 Å². The van der Waals surface area contributed by atoms with Crippen LogP contribution in [0.5, 0.6) is 0 Å². The van der Waals surface area contributed by atoms with Gasteiger partial charge in [-0.1, -0.05) is 12.1 Å². The van der Waals surface area contributed by atoms with Gasteiger partial charge in [0.2, 0.25) is 0 Å². The molecule has 0 atom stereocenters. The van der Waals surface area contributed by atoms with Crippen LogP contribution < -0.4 is 0 Å². The molecule has 3 aromatic rings. The smallest absolute Gasteiger partial charge is 0.271 e. The summed E-state index contributed by atoms with van der Waals surface area (Å²) in [6.07, 6.45) is 0.898. The molecule has 0 bridgehead atoms. The average molecular weight is 410 g/mol. The Balaban J connectivity index is 1.42. The fourth-order valence-corrected chi connectivity index (χ4v) is 4.05. The van der Waals surface area contributed by atoms with Crippen molar-refractivity contribution in [1.82, 2.24) is 29.8 Å². The number of rotatable bonds is 4. The van der Waals surface area contributed by atoms with Gasteiger partial charge in [0, 0.05) is 51.0 Å². The first kappa shape index (κ1) is 20.3. The topological polar surface area (TPSA) is 70.1 Å². The van der Waals surface area contributed by atoms with E-state index >= 15 is 0 Å². The van der Waals surface area contributed by atoms with E-state index in [9.17, 15) is 9.18 Å². The fourth-order valence-electron chi connectivity index (χ4n) is 4.05. The van der Waals surface area contributed by atoms with Crippen LogP contribution in [-0.4, -0.2) is 61.9 Å². The molecule has 0 spiro atoms. The summed E-state index contributed by atoms with van der Waals surface area (Å²) in [5.41, 5.74) is 5.20. The normalized spacial score (nSPS) is 15.4. The zero-order valence-electron chi connectivity index (χ0n) is 17.7. The molecular weight excluding hydrogens is 383 g/mol. The molecule has 1 aliphatic rings. The maximum absolute atomic E-state index is 13.1. The molecule has 0 aliphatic carbocycles. The summed E-state index contributed by atoms with van der Waals surface area (Å²) >= 11 is 0. The standard InChI is InChI=1S/C22H27FN6O/c1-15-21(16(2)27(3)26-15)19-13-20(25-24-19)22(30)29-10-4-9-28(11-12-29)14-17-5-7-18(23)8-6-17/h5-8,13H,4,9-12,14H2,1-3H3,(H,24,25). The molecule has 1 aromatic carbocycles. The number of hydrogen-bond donors (Lipinski definition) is 1. The lowest BCUT2D eigenvalue weighted by Gasteiger charge is -2.21. The Kier molecular flexibility index (Phi) is 5.67. The summed E-state index contributed by atoms with van der Waals surface area (Å²) < 4.78 is 14.9. The van der Waals surface area contributed by atoms with Gasteiger partial charge in [-0.05, 0) is 44.0 Å². The van der Waals surface area contributed by atoms with Crippen molar-refractivity contribution in [3.8, 4) is 11.3 Å². The SMILES string of the molecule is Cc1nn(C)c(C)c1-c1cc(C(=O)N2CCCN(Cc3ccc(F)cc3)CC2)[nH]n1. The molecular formula is C22H27FN6O. The number of aromatic amines is 1. The summed E-state index contributed by atoms with van der Waals surface area (Å²) in [5.74, 6) is -0.251. The van der Waals surface area contributed by atoms with Gasteiger partial charge in [-0.15, -0.1) is 0 Å². The summed E-state index contributed by atoms with van der Waals surface area (Å²) in [4.78, 5) is 17.2. The Hall–Kier alpha value is -3.00. The van der Waals surface area contributed by atoms with Crippen LogP contribution in [0.15, 0.2) is 30.3 Å². The van der Waals surface area contributed by atoms with Crippen LogP contribution in [-0.2, 0) is 13.6 Å². The highest BCUT2D eigenvalue weighted by atomic mass is 19.1. The zero-order chi connectivity index (χ0) is 21.3. The number of nitrogens with zero attached hydrogens (tertiary/aromatic N) is 5. The third-order valence-corrected chi connectivity index (χ3v) is 5.77. The van der Waals surface area contributed by atoms with Gasteiger partial charge in [-0.25, -0.2) is 4.39 Å². The van der Waals surface area contributed by atoms with Gasteiger partial charge in [0.05, 0.1) is 11.4 Å². The van der Waals surface area contributed by atoms with Crippen molar-refractivity contribution < 1.29 is 9.18 Å². The zero-order valence-corrected chi connectivity index (χ0v) is 17.7. The van der Waals surface area contributed by atoms with Crippen LogP contribution in [0.3, 0.4) is 0 Å². The Morgan fingerprint density at radius 1 is 1.13 bits per heavy atom. The Morgan fingerprint density at radius 3 is 2.60 bits per heavy atom. The van der Waals surface area contributed by atoms with Crippen LogP contribution in [0.25, 0.3) is 11.3 Å². The highest BCUT2D eigenvalue weighted by Crippen LogP contribution is 2.25. The second-order valence-electron chi connectivity index (χ2n) is 7.88. The number of carbonyl (C=O) groups excluding carboxylic acids is 1. The number of carbonyl (C=O) groups is 1. The van der Waals surface area contributed by atoms with Gasteiger partial charge in [0.25, 0.3) is 5.91 Å². The third kappa shape index (κ3) is 4.14. The number of hydrogen-bond acceptors (Lipinski definition) is 4. The van der Waals surface area contributed by atoms with Crippen LogP contribution >= 0.6 is 0 Å². The molecule has 158 valence electrons. The minimum Gasteiger partial charge on any atom is -0.336 e. The number of benzene rings is 1. The number of H-pyrrole nitrogens is 1. The molecule has 1 saturated heterocycles. The van der Waals surface area contributed by atoms with Gasteiger partial charge in [-0.2, -0.15) is 10.2 Å². The minimum atomic E-state index is -0.220. The maximum atomic E-state index is 13.1. The lowest BCUT2D eigenvalue weighted by Crippen LogP contribution is -2.35. The van der Waals surface area contributed by atoms with E-state index in [2.05, 4.69) is 20.2 Å². The largest absolute Gasteiger partial charge is 0.336 e. The van der Waals surface area contributed by atoms with Crippen molar-refractivity contribution >= 4 is 5.91 Å². The number of aromatic nitrogens is 4. The van der Waals surface area contributed by atoms with E-state index in [1.165, 1.54) is 12.1 Å². The van der Waals surface area contributed by atoms with E-state index in [-0.39, 0.29) is 11.7 Å². The van der Waals surface area contributed by atoms with Crippen molar-refractivity contribution in [3.05, 3.63) is 58.8 Å². The molecule has 30 heavy (non-hydrogen) atoms. The lowest BCUT2D eigenvalue weighted by atomic mass is 10.1. The summed E-state index contributed by atoms with van der Waals surface area (Å²) in [7, 11) is 1.90. The van der Waals surface area contributed by atoms with Crippen LogP contribution in [0, 0.1) is 19.7 Å². The highest BCUT2D eigenvalue weighted by molar-refractivity contribution is 5.93. The molecule has 3 heterocycles. The number of nitrogens with one attached hydrogen (secondary N) is 1. The first-order chi connectivity index (χ1) is 14.4. The molecule has 8 heteroatoms. The molecule has 1 amide bonds. The highest BCUT2D eigenvalue weighted by Gasteiger charge is 2.23. The van der Waals surface area contributed by atoms with E-state index in [0.29, 0.717) is 18.8 Å². The van der Waals surface area contributed by atoms with Crippen LogP contribution in [0.2, 0.25) is 0 Å². The first-order valence-electron chi connectivity index (χ1n) is 10.2. The van der Waals surface area contributed by atoms with Crippen LogP contribution in [0.1, 0.15) is 33.9 Å². The molecule has 4 rings (SSSR count). The van der Waals surface area contributed by atoms with Gasteiger partial charge in [0.15, 0.2) is 0 Å². The van der Waals surface area contributed by atoms with Crippen LogP contribution in [0.4, 0.5) is 4.39 Å². The van der Waals surface area contributed by atoms with E-state index < -0.39 is 0 Å². The van der Waals surface area contributed by atoms with Gasteiger partial charge in [0.1, 0.15) is 11.5 Å². The minimum absolute atomic E-state index is 0.0309. The quantitative estimate of drug-likeness (QED) is 0.718. The van der Waals surface area contributed by atoms with E-state index in [1.54, 1.807) is 0 Å². The van der Waals surface area contributed by atoms with Crippen molar-refractivity contribution in [1.29, 1.82) is 0 Å². The van der Waals surface area contributed by atoms with Gasteiger partial charge < -0.3 is 4.90 Å². The molecule has 1 aliphatic heterocycles. The number of halogens is 1. The maximum Gasteiger partial charge on any atom is 0.271 e. The lowest BCUT2D eigenvalue weighted by molar-refractivity contribution is 0.0755. The monoisotopic (exact) mass is 410 g/mol. The number of amides is 1. The Bertz CT molecular complexity index is 1040. The average Bonchev–Trinajstić information content (AvgIpc) is 3.20. The molecule has 0 unspecified atom stereocenters. The molecule has 1 N–H and O–H groups in total. The summed E-state index contributed by atoms with van der Waals surface area (Å²) in [6.45, 7) is 7.75. The summed E-state index contributed by atoms with van der Waals surface area (Å²) in [5, 5.41) is 11.7. The van der Waals surface area contributed by atoms with Gasteiger partial charge in [-0.3, -0.25) is 19.5 Å². The molecule has 0 radical (unpaired) electrons. The van der Waals surface area contributed by atoms with Crippen molar-refractivity contribution in [2.75, 3.05) is 26.2 Å². The van der Waals surface area contributed by atoms with Gasteiger partial charge >= 0.3 is 0 Å². The predicted octanol–water partition coefficient (Wildman–Crippen LogP) is 2.91. The Labute approximate surface area is 175 Å². The predicted molar refractivity (Wildman–Crippen MR) is 112 cm³/mol. The second kappa shape index (κ2) is 8.39. The van der Waals surface area contributed by atoms with Crippen molar-refractivity contribution in [2.24, 2.45) is 7.05 Å².